The first-order valence-electron chi connectivity index (χ1n) is 8.07. The second-order valence-corrected chi connectivity index (χ2v) is 5.80. The molecule has 0 unspecified atom stereocenters. The monoisotopic (exact) mass is 350 g/mol. The number of carbonyl (C=O) groups excluding carboxylic acids is 1. The van der Waals surface area contributed by atoms with E-state index in [9.17, 15) is 9.59 Å². The van der Waals surface area contributed by atoms with E-state index in [-0.39, 0.29) is 29.4 Å². The van der Waals surface area contributed by atoms with E-state index >= 15 is 0 Å². The van der Waals surface area contributed by atoms with Gasteiger partial charge in [-0.3, -0.25) is 9.59 Å². The summed E-state index contributed by atoms with van der Waals surface area (Å²) < 4.78 is 0. The van der Waals surface area contributed by atoms with E-state index in [2.05, 4.69) is 20.5 Å². The number of aromatic nitrogens is 1. The molecule has 0 spiro atoms. The molecule has 0 bridgehead atoms. The van der Waals surface area contributed by atoms with E-state index in [0.717, 1.165) is 50.0 Å². The number of aromatic amines is 1. The van der Waals surface area contributed by atoms with Gasteiger partial charge in [0.1, 0.15) is 5.56 Å². The van der Waals surface area contributed by atoms with Gasteiger partial charge in [-0.25, -0.2) is 0 Å². The van der Waals surface area contributed by atoms with Gasteiger partial charge in [-0.15, -0.1) is 12.4 Å². The van der Waals surface area contributed by atoms with Crippen molar-refractivity contribution in [3.63, 3.8) is 0 Å². The summed E-state index contributed by atoms with van der Waals surface area (Å²) in [4.78, 5) is 29.4. The van der Waals surface area contributed by atoms with Crippen LogP contribution in [0.5, 0.6) is 0 Å². The Balaban J connectivity index is 0.00000208. The minimum Gasteiger partial charge on any atom is -0.352 e. The van der Waals surface area contributed by atoms with Crippen LogP contribution in [0.2, 0.25) is 0 Å². The Bertz CT molecular complexity index is 741. The fourth-order valence-corrected chi connectivity index (χ4v) is 2.85. The molecule has 1 aromatic heterocycles. The molecule has 24 heavy (non-hydrogen) atoms. The molecule has 1 fully saturated rings. The van der Waals surface area contributed by atoms with Crippen LogP contribution >= 0.6 is 12.4 Å². The van der Waals surface area contributed by atoms with Gasteiger partial charge in [0, 0.05) is 38.2 Å². The van der Waals surface area contributed by atoms with Crippen LogP contribution in [0.4, 0.5) is 0 Å². The molecule has 0 atom stereocenters. The van der Waals surface area contributed by atoms with Gasteiger partial charge >= 0.3 is 0 Å². The van der Waals surface area contributed by atoms with Crippen molar-refractivity contribution < 1.29 is 4.79 Å². The number of carbonyl (C=O) groups is 1. The molecular weight excluding hydrogens is 328 g/mol. The van der Waals surface area contributed by atoms with E-state index in [1.807, 2.05) is 24.3 Å². The minimum atomic E-state index is -0.344. The number of pyridine rings is 1. The summed E-state index contributed by atoms with van der Waals surface area (Å²) in [6.45, 7) is 5.71. The summed E-state index contributed by atoms with van der Waals surface area (Å²) in [6.07, 6.45) is 0.886. The quantitative estimate of drug-likeness (QED) is 0.702. The number of nitrogens with zero attached hydrogens (tertiary/aromatic N) is 1. The molecule has 1 aliphatic rings. The topological polar surface area (TPSA) is 77.2 Å². The number of benzene rings is 1. The number of rotatable bonds is 5. The van der Waals surface area contributed by atoms with Crippen LogP contribution in [0.1, 0.15) is 16.8 Å². The first kappa shape index (κ1) is 18.4. The maximum atomic E-state index is 12.2. The van der Waals surface area contributed by atoms with Crippen molar-refractivity contribution in [2.45, 2.75) is 6.42 Å². The second kappa shape index (κ2) is 8.82. The average Bonchev–Trinajstić information content (AvgIpc) is 2.59. The first-order chi connectivity index (χ1) is 11.2. The third-order valence-electron chi connectivity index (χ3n) is 4.14. The van der Waals surface area contributed by atoms with Gasteiger partial charge in [-0.2, -0.15) is 0 Å². The van der Waals surface area contributed by atoms with Gasteiger partial charge in [-0.1, -0.05) is 18.2 Å². The zero-order valence-electron chi connectivity index (χ0n) is 13.5. The Labute approximate surface area is 147 Å². The summed E-state index contributed by atoms with van der Waals surface area (Å²) in [7, 11) is 0. The summed E-state index contributed by atoms with van der Waals surface area (Å²) in [6, 6.07) is 9.10. The molecule has 1 saturated heterocycles. The molecule has 2 aromatic rings. The highest BCUT2D eigenvalue weighted by Gasteiger charge is 2.12. The Kier molecular flexibility index (Phi) is 6.78. The number of amides is 1. The fraction of sp³-hybridized carbons (Fsp3) is 0.412. The van der Waals surface area contributed by atoms with Crippen LogP contribution in [0, 0.1) is 0 Å². The van der Waals surface area contributed by atoms with Crippen LogP contribution in [0.3, 0.4) is 0 Å². The SMILES string of the molecule is Cl.O=C(NCCCN1CCNCC1)c1cc2ccccc2[nH]c1=O. The highest BCUT2D eigenvalue weighted by molar-refractivity contribution is 5.97. The van der Waals surface area contributed by atoms with Crippen molar-refractivity contribution in [3.05, 3.63) is 46.2 Å². The van der Waals surface area contributed by atoms with E-state index in [1.54, 1.807) is 6.07 Å². The van der Waals surface area contributed by atoms with Crippen LogP contribution in [-0.4, -0.2) is 55.1 Å². The van der Waals surface area contributed by atoms with Crippen LogP contribution in [0.15, 0.2) is 35.1 Å². The van der Waals surface area contributed by atoms with Gasteiger partial charge in [0.25, 0.3) is 11.5 Å². The summed E-state index contributed by atoms with van der Waals surface area (Å²) in [5.74, 6) is -0.308. The van der Waals surface area contributed by atoms with Gasteiger partial charge in [-0.05, 0) is 30.5 Å². The van der Waals surface area contributed by atoms with Crippen LogP contribution in [0.25, 0.3) is 10.9 Å². The fourth-order valence-electron chi connectivity index (χ4n) is 2.85. The predicted octanol–water partition coefficient (Wildman–Crippen LogP) is 0.975. The number of H-pyrrole nitrogens is 1. The Hall–Kier alpha value is -1.89. The molecule has 7 heteroatoms. The average molecular weight is 351 g/mol. The van der Waals surface area contributed by atoms with Crippen LogP contribution < -0.4 is 16.2 Å². The molecule has 3 rings (SSSR count). The molecule has 0 radical (unpaired) electrons. The number of halogens is 1. The zero-order chi connectivity index (χ0) is 16.1. The Morgan fingerprint density at radius 2 is 1.96 bits per heavy atom. The summed E-state index contributed by atoms with van der Waals surface area (Å²) in [5.41, 5.74) is 0.571. The number of hydrogen-bond acceptors (Lipinski definition) is 4. The maximum Gasteiger partial charge on any atom is 0.261 e. The third kappa shape index (κ3) is 4.56. The molecule has 0 aliphatic carbocycles. The highest BCUT2D eigenvalue weighted by atomic mass is 35.5. The molecule has 1 amide bonds. The van der Waals surface area contributed by atoms with Crippen molar-refractivity contribution in [2.75, 3.05) is 39.3 Å². The second-order valence-electron chi connectivity index (χ2n) is 5.80. The lowest BCUT2D eigenvalue weighted by atomic mass is 10.1. The number of piperazine rings is 1. The lowest BCUT2D eigenvalue weighted by molar-refractivity contribution is 0.0950. The summed E-state index contributed by atoms with van der Waals surface area (Å²) >= 11 is 0. The number of hydrogen-bond donors (Lipinski definition) is 3. The molecular formula is C17H23ClN4O2. The zero-order valence-corrected chi connectivity index (χ0v) is 14.3. The largest absolute Gasteiger partial charge is 0.352 e. The van der Waals surface area contributed by atoms with E-state index in [4.69, 9.17) is 0 Å². The maximum absolute atomic E-state index is 12.2. The molecule has 3 N–H and O–H groups in total. The molecule has 6 nitrogen and oxygen atoms in total. The lowest BCUT2D eigenvalue weighted by Gasteiger charge is -2.27. The first-order valence-corrected chi connectivity index (χ1v) is 8.07. The van der Waals surface area contributed by atoms with Crippen molar-refractivity contribution in [1.82, 2.24) is 20.5 Å². The minimum absolute atomic E-state index is 0. The van der Waals surface area contributed by atoms with Crippen molar-refractivity contribution in [2.24, 2.45) is 0 Å². The Morgan fingerprint density at radius 1 is 1.21 bits per heavy atom. The van der Waals surface area contributed by atoms with Crippen LogP contribution in [-0.2, 0) is 0 Å². The van der Waals surface area contributed by atoms with Gasteiger partial charge in [0.2, 0.25) is 0 Å². The molecule has 1 aliphatic heterocycles. The van der Waals surface area contributed by atoms with E-state index in [0.29, 0.717) is 6.54 Å². The van der Waals surface area contributed by atoms with Crippen molar-refractivity contribution in [3.8, 4) is 0 Å². The van der Waals surface area contributed by atoms with Gasteiger partial charge < -0.3 is 20.5 Å². The standard InChI is InChI=1S/C17H22N4O2.ClH/c22-16(19-6-3-9-21-10-7-18-8-11-21)14-12-13-4-1-2-5-15(13)20-17(14)23;/h1-2,4-5,12,18H,3,6-11H2,(H,19,22)(H,20,23);1H. The lowest BCUT2D eigenvalue weighted by Crippen LogP contribution is -2.44. The predicted molar refractivity (Wildman–Crippen MR) is 98.1 cm³/mol. The summed E-state index contributed by atoms with van der Waals surface area (Å²) in [5, 5.41) is 7.02. The van der Waals surface area contributed by atoms with Gasteiger partial charge in [0.05, 0.1) is 0 Å². The number of para-hydroxylation sites is 1. The number of nitrogens with one attached hydrogen (secondary N) is 3. The van der Waals surface area contributed by atoms with Crippen molar-refractivity contribution in [1.29, 1.82) is 0 Å². The van der Waals surface area contributed by atoms with E-state index in [1.165, 1.54) is 0 Å². The Morgan fingerprint density at radius 3 is 2.75 bits per heavy atom. The molecule has 130 valence electrons. The normalized spacial score (nSPS) is 15.0. The highest BCUT2D eigenvalue weighted by Crippen LogP contribution is 2.09. The van der Waals surface area contributed by atoms with E-state index < -0.39 is 0 Å². The van der Waals surface area contributed by atoms with Gasteiger partial charge in [0.15, 0.2) is 0 Å². The number of fused-ring (bicyclic) bond motifs is 1. The van der Waals surface area contributed by atoms with Crippen molar-refractivity contribution >= 4 is 29.2 Å². The molecule has 1 aromatic carbocycles. The molecule has 0 saturated carbocycles. The smallest absolute Gasteiger partial charge is 0.261 e. The third-order valence-corrected chi connectivity index (χ3v) is 4.14. The molecule has 2 heterocycles.